The molecule has 2 N–H and O–H groups in total. The molecule has 1 unspecified atom stereocenters. The number of aryl methyl sites for hydroxylation is 1. The SMILES string of the molecule is Cc1occc1C(=O)NC1CCN(CC2(C)CCNC2)CC1.Cl. The van der Waals surface area contributed by atoms with Gasteiger partial charge >= 0.3 is 0 Å². The molecule has 0 spiro atoms. The molecule has 3 rings (SSSR count). The molecule has 0 aliphatic carbocycles. The maximum absolute atomic E-state index is 12.2. The van der Waals surface area contributed by atoms with Crippen LogP contribution < -0.4 is 10.6 Å². The van der Waals surface area contributed by atoms with E-state index in [1.165, 1.54) is 13.0 Å². The van der Waals surface area contributed by atoms with Crippen LogP contribution in [0.25, 0.3) is 0 Å². The van der Waals surface area contributed by atoms with E-state index in [1.807, 2.05) is 6.92 Å². The van der Waals surface area contributed by atoms with Crippen molar-refractivity contribution in [2.75, 3.05) is 32.7 Å². The van der Waals surface area contributed by atoms with Gasteiger partial charge in [-0.05, 0) is 44.2 Å². The molecule has 1 amide bonds. The first-order chi connectivity index (χ1) is 10.6. The highest BCUT2D eigenvalue weighted by molar-refractivity contribution is 5.95. The average molecular weight is 342 g/mol. The van der Waals surface area contributed by atoms with Gasteiger partial charge in [-0.15, -0.1) is 12.4 Å². The molecule has 0 radical (unpaired) electrons. The minimum atomic E-state index is -0.00310. The fraction of sp³-hybridized carbons (Fsp3) is 0.706. The van der Waals surface area contributed by atoms with Gasteiger partial charge < -0.3 is 20.0 Å². The van der Waals surface area contributed by atoms with Crippen LogP contribution in [-0.2, 0) is 0 Å². The molecular formula is C17H28ClN3O2. The number of carbonyl (C=O) groups excluding carboxylic acids is 1. The largest absolute Gasteiger partial charge is 0.469 e. The van der Waals surface area contributed by atoms with E-state index in [0.717, 1.165) is 39.0 Å². The van der Waals surface area contributed by atoms with Crippen molar-refractivity contribution in [2.24, 2.45) is 5.41 Å². The summed E-state index contributed by atoms with van der Waals surface area (Å²) in [5.74, 6) is 0.688. The molecule has 1 aromatic rings. The van der Waals surface area contributed by atoms with Crippen LogP contribution in [-0.4, -0.2) is 49.6 Å². The maximum atomic E-state index is 12.2. The van der Waals surface area contributed by atoms with Gasteiger partial charge in [0.2, 0.25) is 0 Å². The number of hydrogen-bond acceptors (Lipinski definition) is 4. The Hall–Kier alpha value is -1.04. The Morgan fingerprint density at radius 1 is 1.48 bits per heavy atom. The second-order valence-electron chi connectivity index (χ2n) is 7.15. The summed E-state index contributed by atoms with van der Waals surface area (Å²) in [5, 5.41) is 6.61. The van der Waals surface area contributed by atoms with Crippen molar-refractivity contribution in [1.82, 2.24) is 15.5 Å². The van der Waals surface area contributed by atoms with Crippen LogP contribution in [0.1, 0.15) is 42.3 Å². The van der Waals surface area contributed by atoms with Crippen molar-refractivity contribution in [2.45, 2.75) is 39.2 Å². The average Bonchev–Trinajstić information content (AvgIpc) is 3.10. The van der Waals surface area contributed by atoms with Gasteiger partial charge in [0, 0.05) is 32.2 Å². The quantitative estimate of drug-likeness (QED) is 0.881. The van der Waals surface area contributed by atoms with E-state index in [1.54, 1.807) is 12.3 Å². The minimum Gasteiger partial charge on any atom is -0.469 e. The van der Waals surface area contributed by atoms with Crippen molar-refractivity contribution in [3.8, 4) is 0 Å². The van der Waals surface area contributed by atoms with E-state index in [2.05, 4.69) is 22.5 Å². The van der Waals surface area contributed by atoms with Gasteiger partial charge in [0.1, 0.15) is 5.76 Å². The van der Waals surface area contributed by atoms with Crippen molar-refractivity contribution in [1.29, 1.82) is 0 Å². The van der Waals surface area contributed by atoms with Crippen molar-refractivity contribution in [3.63, 3.8) is 0 Å². The molecule has 2 aliphatic rings. The molecule has 0 aromatic carbocycles. The number of amides is 1. The molecule has 0 saturated carbocycles. The van der Waals surface area contributed by atoms with Gasteiger partial charge in [-0.2, -0.15) is 0 Å². The van der Waals surface area contributed by atoms with Crippen molar-refractivity contribution < 1.29 is 9.21 Å². The van der Waals surface area contributed by atoms with E-state index < -0.39 is 0 Å². The Morgan fingerprint density at radius 2 is 2.22 bits per heavy atom. The number of piperidine rings is 1. The molecule has 6 heteroatoms. The number of likely N-dealkylation sites (tertiary alicyclic amines) is 1. The number of nitrogens with zero attached hydrogens (tertiary/aromatic N) is 1. The molecule has 0 bridgehead atoms. The van der Waals surface area contributed by atoms with Gasteiger partial charge in [-0.25, -0.2) is 0 Å². The zero-order valence-electron chi connectivity index (χ0n) is 14.1. The van der Waals surface area contributed by atoms with Gasteiger partial charge in [0.15, 0.2) is 0 Å². The molecular weight excluding hydrogens is 314 g/mol. The van der Waals surface area contributed by atoms with Crippen LogP contribution >= 0.6 is 12.4 Å². The molecule has 1 aromatic heterocycles. The highest BCUT2D eigenvalue weighted by atomic mass is 35.5. The van der Waals surface area contributed by atoms with Gasteiger partial charge in [0.05, 0.1) is 11.8 Å². The smallest absolute Gasteiger partial charge is 0.255 e. The van der Waals surface area contributed by atoms with E-state index in [9.17, 15) is 4.79 Å². The number of furan rings is 1. The first kappa shape index (κ1) is 18.3. The summed E-state index contributed by atoms with van der Waals surface area (Å²) in [6.07, 6.45) is 4.91. The second-order valence-corrected chi connectivity index (χ2v) is 7.15. The summed E-state index contributed by atoms with van der Waals surface area (Å²) in [5.41, 5.74) is 1.08. The third-order valence-corrected chi connectivity index (χ3v) is 5.09. The Bertz CT molecular complexity index is 518. The zero-order chi connectivity index (χ0) is 15.6. The molecule has 5 nitrogen and oxygen atoms in total. The molecule has 3 heterocycles. The van der Waals surface area contributed by atoms with Crippen LogP contribution in [0, 0.1) is 12.3 Å². The predicted octanol–water partition coefficient (Wildman–Crippen LogP) is 2.20. The summed E-state index contributed by atoms with van der Waals surface area (Å²) >= 11 is 0. The Labute approximate surface area is 144 Å². The van der Waals surface area contributed by atoms with Gasteiger partial charge in [0.25, 0.3) is 5.91 Å². The van der Waals surface area contributed by atoms with E-state index in [4.69, 9.17) is 4.42 Å². The van der Waals surface area contributed by atoms with Gasteiger partial charge in [-0.3, -0.25) is 4.79 Å². The summed E-state index contributed by atoms with van der Waals surface area (Å²) in [4.78, 5) is 14.8. The molecule has 2 saturated heterocycles. The number of nitrogens with one attached hydrogen (secondary N) is 2. The zero-order valence-corrected chi connectivity index (χ0v) is 14.9. The van der Waals surface area contributed by atoms with Crippen LogP contribution in [0.4, 0.5) is 0 Å². The third kappa shape index (κ3) is 4.49. The first-order valence-electron chi connectivity index (χ1n) is 8.34. The minimum absolute atomic E-state index is 0. The number of halogens is 1. The number of hydrogen-bond donors (Lipinski definition) is 2. The first-order valence-corrected chi connectivity index (χ1v) is 8.34. The highest BCUT2D eigenvalue weighted by Crippen LogP contribution is 2.27. The summed E-state index contributed by atoms with van der Waals surface area (Å²) < 4.78 is 5.20. The fourth-order valence-corrected chi connectivity index (χ4v) is 3.66. The summed E-state index contributed by atoms with van der Waals surface area (Å²) in [6, 6.07) is 2.03. The summed E-state index contributed by atoms with van der Waals surface area (Å²) in [7, 11) is 0. The Kier molecular flexibility index (Phi) is 6.12. The molecule has 1 atom stereocenters. The van der Waals surface area contributed by atoms with Crippen molar-refractivity contribution in [3.05, 3.63) is 23.7 Å². The Morgan fingerprint density at radius 3 is 2.78 bits per heavy atom. The molecule has 2 aliphatic heterocycles. The molecule has 2 fully saturated rings. The second kappa shape index (κ2) is 7.69. The van der Waals surface area contributed by atoms with E-state index in [-0.39, 0.29) is 24.4 Å². The van der Waals surface area contributed by atoms with Crippen LogP contribution in [0.15, 0.2) is 16.7 Å². The monoisotopic (exact) mass is 341 g/mol. The normalized spacial score (nSPS) is 26.0. The fourth-order valence-electron chi connectivity index (χ4n) is 3.66. The van der Waals surface area contributed by atoms with Crippen LogP contribution in [0.5, 0.6) is 0 Å². The van der Waals surface area contributed by atoms with Crippen molar-refractivity contribution >= 4 is 18.3 Å². The lowest BCUT2D eigenvalue weighted by atomic mass is 9.88. The molecule has 130 valence electrons. The standard InChI is InChI=1S/C17H27N3O2.ClH/c1-13-15(5-10-22-13)16(21)19-14-3-8-20(9-4-14)12-17(2)6-7-18-11-17;/h5,10,14,18H,3-4,6-9,11-12H2,1-2H3,(H,19,21);1H. The molecule has 23 heavy (non-hydrogen) atoms. The van der Waals surface area contributed by atoms with Crippen LogP contribution in [0.3, 0.4) is 0 Å². The Balaban J connectivity index is 0.00000192. The van der Waals surface area contributed by atoms with Gasteiger partial charge in [-0.1, -0.05) is 6.92 Å². The predicted molar refractivity (Wildman–Crippen MR) is 93.2 cm³/mol. The summed E-state index contributed by atoms with van der Waals surface area (Å²) in [6.45, 7) is 9.80. The third-order valence-electron chi connectivity index (χ3n) is 5.09. The van der Waals surface area contributed by atoms with E-state index in [0.29, 0.717) is 16.7 Å². The topological polar surface area (TPSA) is 57.5 Å². The van der Waals surface area contributed by atoms with Crippen LogP contribution in [0.2, 0.25) is 0 Å². The van der Waals surface area contributed by atoms with E-state index >= 15 is 0 Å². The highest BCUT2D eigenvalue weighted by Gasteiger charge is 2.32. The lowest BCUT2D eigenvalue weighted by molar-refractivity contribution is 0.0890. The lowest BCUT2D eigenvalue weighted by Crippen LogP contribution is -2.47. The number of carbonyl (C=O) groups is 1. The lowest BCUT2D eigenvalue weighted by Gasteiger charge is -2.37. The number of rotatable bonds is 4. The maximum Gasteiger partial charge on any atom is 0.255 e.